The van der Waals surface area contributed by atoms with Gasteiger partial charge < -0.3 is 0 Å². The number of benzene rings is 1. The molecular weight excluding hydrogens is 215 g/mol. The minimum atomic E-state index is -0.515. The summed E-state index contributed by atoms with van der Waals surface area (Å²) in [5.41, 5.74) is 2.05. The minimum Gasteiger partial charge on any atom is -0.239 e. The third-order valence-electron chi connectivity index (χ3n) is 1.10. The zero-order chi connectivity index (χ0) is 8.27. The lowest BCUT2D eigenvalue weighted by atomic mass is 10.3. The molecule has 58 valence electrons. The molecule has 3 nitrogen and oxygen atoms in total. The number of nitrogens with one attached hydrogen (secondary N) is 1. The van der Waals surface area contributed by atoms with Crippen molar-refractivity contribution in [1.29, 1.82) is 0 Å². The van der Waals surface area contributed by atoms with Gasteiger partial charge in [-0.3, -0.25) is 0 Å². The average molecular weight is 219 g/mol. The predicted octanol–water partition coefficient (Wildman–Crippen LogP) is 2.68. The Morgan fingerprint density at radius 2 is 2.27 bits per heavy atom. The van der Waals surface area contributed by atoms with E-state index in [1.54, 1.807) is 6.07 Å². The van der Waals surface area contributed by atoms with Crippen LogP contribution in [0.3, 0.4) is 0 Å². The molecule has 0 aliphatic carbocycles. The number of halogens is 2. The van der Waals surface area contributed by atoms with Crippen molar-refractivity contribution in [3.8, 4) is 0 Å². The zero-order valence-electron chi connectivity index (χ0n) is 5.34. The molecule has 0 fully saturated rings. The fourth-order valence-electron chi connectivity index (χ4n) is 0.629. The molecule has 0 heterocycles. The molecule has 0 radical (unpaired) electrons. The second kappa shape index (κ2) is 3.43. The van der Waals surface area contributed by atoms with Gasteiger partial charge in [0.2, 0.25) is 0 Å². The Morgan fingerprint density at radius 1 is 1.55 bits per heavy atom. The fourth-order valence-corrected chi connectivity index (χ4v) is 0.962. The normalized spacial score (nSPS) is 9.27. The Balaban J connectivity index is 2.98. The number of anilines is 1. The molecule has 0 aliphatic rings. The van der Waals surface area contributed by atoms with Crippen LogP contribution >= 0.6 is 15.9 Å². The monoisotopic (exact) mass is 218 g/mol. The maximum Gasteiger partial charge on any atom is 0.149 e. The van der Waals surface area contributed by atoms with Gasteiger partial charge in [-0.05, 0) is 18.2 Å². The molecule has 1 N–H and O–H groups in total. The van der Waals surface area contributed by atoms with Gasteiger partial charge in [-0.25, -0.2) is 9.82 Å². The maximum absolute atomic E-state index is 12.7. The summed E-state index contributed by atoms with van der Waals surface area (Å²) in [5.74, 6) is -0.515. The molecule has 5 heteroatoms. The van der Waals surface area contributed by atoms with Crippen molar-refractivity contribution >= 4 is 21.6 Å². The largest absolute Gasteiger partial charge is 0.239 e. The van der Waals surface area contributed by atoms with E-state index in [0.29, 0.717) is 4.47 Å². The van der Waals surface area contributed by atoms with E-state index in [2.05, 4.69) is 21.2 Å². The van der Waals surface area contributed by atoms with Gasteiger partial charge in [0.1, 0.15) is 5.82 Å². The fraction of sp³-hybridized carbons (Fsp3) is 0. The van der Waals surface area contributed by atoms with Crippen molar-refractivity contribution in [1.82, 2.24) is 0 Å². The highest BCUT2D eigenvalue weighted by molar-refractivity contribution is 9.10. The van der Waals surface area contributed by atoms with Crippen LogP contribution in [0, 0.1) is 10.7 Å². The van der Waals surface area contributed by atoms with Crippen LogP contribution in [0.4, 0.5) is 10.1 Å². The minimum absolute atomic E-state index is 0.0724. The van der Waals surface area contributed by atoms with E-state index in [-0.39, 0.29) is 5.69 Å². The lowest BCUT2D eigenvalue weighted by Crippen LogP contribution is -1.89. The van der Waals surface area contributed by atoms with Crippen LogP contribution in [0.25, 0.3) is 0 Å². The third-order valence-corrected chi connectivity index (χ3v) is 1.59. The average Bonchev–Trinajstić information content (AvgIpc) is 1.95. The molecule has 1 aromatic carbocycles. The molecule has 0 bridgehead atoms. The summed E-state index contributed by atoms with van der Waals surface area (Å²) in [5, 5.41) is 2.34. The molecule has 1 aromatic rings. The van der Waals surface area contributed by atoms with Crippen LogP contribution in [-0.4, -0.2) is 0 Å². The van der Waals surface area contributed by atoms with Gasteiger partial charge in [0.15, 0.2) is 0 Å². The first kappa shape index (κ1) is 8.13. The van der Waals surface area contributed by atoms with Crippen LogP contribution < -0.4 is 5.43 Å². The van der Waals surface area contributed by atoms with Crippen LogP contribution in [0.15, 0.2) is 28.0 Å². The number of hydrogen-bond acceptors (Lipinski definition) is 2. The Kier molecular flexibility index (Phi) is 2.53. The maximum atomic E-state index is 12.7. The first-order valence-electron chi connectivity index (χ1n) is 2.77. The highest BCUT2D eigenvalue weighted by Crippen LogP contribution is 2.18. The van der Waals surface area contributed by atoms with E-state index in [9.17, 15) is 9.30 Å². The van der Waals surface area contributed by atoms with Gasteiger partial charge in [-0.2, -0.15) is 0 Å². The van der Waals surface area contributed by atoms with Crippen LogP contribution in [0.1, 0.15) is 0 Å². The molecule has 0 amide bonds. The molecule has 0 saturated carbocycles. The highest BCUT2D eigenvalue weighted by atomic mass is 79.9. The van der Waals surface area contributed by atoms with Crippen molar-refractivity contribution in [2.45, 2.75) is 0 Å². The number of nitrogens with zero attached hydrogens (tertiary/aromatic N) is 1. The Morgan fingerprint density at radius 3 is 2.82 bits per heavy atom. The second-order valence-corrected chi connectivity index (χ2v) is 2.74. The lowest BCUT2D eigenvalue weighted by Gasteiger charge is -1.98. The lowest BCUT2D eigenvalue weighted by molar-refractivity contribution is 0.630. The van der Waals surface area contributed by atoms with Gasteiger partial charge in [-0.15, -0.1) is 4.91 Å². The quantitative estimate of drug-likeness (QED) is 0.613. The summed E-state index contributed by atoms with van der Waals surface area (Å²) >= 11 is 3.07. The van der Waals surface area contributed by atoms with Crippen molar-refractivity contribution < 1.29 is 4.39 Å². The van der Waals surface area contributed by atoms with Gasteiger partial charge in [0.25, 0.3) is 0 Å². The smallest absolute Gasteiger partial charge is 0.149 e. The van der Waals surface area contributed by atoms with Gasteiger partial charge in [-0.1, -0.05) is 15.9 Å². The third kappa shape index (κ3) is 1.98. The highest BCUT2D eigenvalue weighted by Gasteiger charge is 2.00. The van der Waals surface area contributed by atoms with Gasteiger partial charge in [0.05, 0.1) is 11.0 Å². The SMILES string of the molecule is O=NNc1ccc(Br)cc1F. The van der Waals surface area contributed by atoms with Crippen molar-refractivity contribution in [2.24, 2.45) is 5.29 Å². The number of rotatable bonds is 2. The summed E-state index contributed by atoms with van der Waals surface area (Å²) in [6, 6.07) is 4.27. The standard InChI is InChI=1S/C6H4BrFN2O/c7-4-1-2-6(9-10-11)5(8)3-4/h1-3H,(H,9,11). The zero-order valence-corrected chi connectivity index (χ0v) is 6.93. The van der Waals surface area contributed by atoms with Gasteiger partial charge in [0, 0.05) is 4.47 Å². The molecule has 1 rings (SSSR count). The number of nitroso groups, excluding NO2 is 1. The van der Waals surface area contributed by atoms with Crippen molar-refractivity contribution in [3.63, 3.8) is 0 Å². The Hall–Kier alpha value is -0.970. The van der Waals surface area contributed by atoms with E-state index in [0.717, 1.165) is 0 Å². The molecule has 0 spiro atoms. The molecule has 0 aromatic heterocycles. The molecule has 0 atom stereocenters. The first-order chi connectivity index (χ1) is 5.24. The summed E-state index contributed by atoms with van der Waals surface area (Å²) in [7, 11) is 0. The summed E-state index contributed by atoms with van der Waals surface area (Å²) < 4.78 is 13.4. The first-order valence-corrected chi connectivity index (χ1v) is 3.57. The Bertz CT molecular complexity index is 279. The van der Waals surface area contributed by atoms with Crippen LogP contribution in [0.2, 0.25) is 0 Å². The van der Waals surface area contributed by atoms with Crippen LogP contribution in [0.5, 0.6) is 0 Å². The van der Waals surface area contributed by atoms with E-state index in [1.165, 1.54) is 12.1 Å². The topological polar surface area (TPSA) is 41.5 Å². The van der Waals surface area contributed by atoms with Crippen molar-refractivity contribution in [2.75, 3.05) is 5.43 Å². The number of hydrogen-bond donors (Lipinski definition) is 1. The van der Waals surface area contributed by atoms with E-state index < -0.39 is 5.82 Å². The predicted molar refractivity (Wildman–Crippen MR) is 43.5 cm³/mol. The van der Waals surface area contributed by atoms with Gasteiger partial charge >= 0.3 is 0 Å². The molecule has 0 aliphatic heterocycles. The molecule has 11 heavy (non-hydrogen) atoms. The molecular formula is C6H4BrFN2O. The summed E-state index contributed by atoms with van der Waals surface area (Å²) in [4.78, 5) is 9.67. The van der Waals surface area contributed by atoms with Crippen molar-refractivity contribution in [3.05, 3.63) is 33.4 Å². The molecule has 0 unspecified atom stereocenters. The summed E-state index contributed by atoms with van der Waals surface area (Å²) in [6.07, 6.45) is 0. The van der Waals surface area contributed by atoms with E-state index >= 15 is 0 Å². The van der Waals surface area contributed by atoms with E-state index in [4.69, 9.17) is 0 Å². The van der Waals surface area contributed by atoms with Crippen LogP contribution in [-0.2, 0) is 0 Å². The molecule has 0 saturated heterocycles. The summed E-state index contributed by atoms with van der Waals surface area (Å²) in [6.45, 7) is 0. The van der Waals surface area contributed by atoms with E-state index in [1.807, 2.05) is 5.43 Å². The Labute approximate surface area is 70.7 Å². The second-order valence-electron chi connectivity index (χ2n) is 1.83.